The zero-order valence-electron chi connectivity index (χ0n) is 11.6. The number of halogens is 2. The lowest BCUT2D eigenvalue weighted by atomic mass is 10.1. The number of benzene rings is 2. The third kappa shape index (κ3) is 3.74. The molecule has 0 amide bonds. The van der Waals surface area contributed by atoms with E-state index in [-0.39, 0.29) is 5.75 Å². The van der Waals surface area contributed by atoms with Crippen molar-refractivity contribution in [3.63, 3.8) is 0 Å². The van der Waals surface area contributed by atoms with Crippen LogP contribution in [0.1, 0.15) is 5.56 Å². The van der Waals surface area contributed by atoms with Crippen LogP contribution in [0.4, 0.5) is 5.69 Å². The molecule has 0 bridgehead atoms. The topological polar surface area (TPSA) is 50.7 Å². The van der Waals surface area contributed by atoms with E-state index >= 15 is 0 Å². The Morgan fingerprint density at radius 2 is 1.86 bits per heavy atom. The Labute approximate surface area is 136 Å². The van der Waals surface area contributed by atoms with Crippen LogP contribution < -0.4 is 14.8 Å². The van der Waals surface area contributed by atoms with Gasteiger partial charge in [-0.3, -0.25) is 0 Å². The second kappa shape index (κ2) is 6.91. The Hall–Kier alpha value is -1.59. The molecule has 0 aliphatic carbocycles. The van der Waals surface area contributed by atoms with Gasteiger partial charge in [0, 0.05) is 28.9 Å². The first kappa shape index (κ1) is 15.8. The average molecular weight is 373 g/mol. The van der Waals surface area contributed by atoms with Gasteiger partial charge in [0.2, 0.25) is 0 Å². The number of rotatable bonds is 5. The Kier molecular flexibility index (Phi) is 5.20. The molecule has 0 saturated carbocycles. The predicted octanol–water partition coefficient (Wildman–Crippen LogP) is 4.44. The van der Waals surface area contributed by atoms with E-state index in [1.165, 1.54) is 7.11 Å². The molecule has 112 valence electrons. The van der Waals surface area contributed by atoms with Gasteiger partial charge in [0.25, 0.3) is 0 Å². The predicted molar refractivity (Wildman–Crippen MR) is 87.7 cm³/mol. The summed E-state index contributed by atoms with van der Waals surface area (Å²) < 4.78 is 11.1. The highest BCUT2D eigenvalue weighted by molar-refractivity contribution is 9.10. The fraction of sp³-hybridized carbons (Fsp3) is 0.200. The molecule has 2 N–H and O–H groups in total. The Balaban J connectivity index is 2.16. The van der Waals surface area contributed by atoms with Crippen molar-refractivity contribution in [3.05, 3.63) is 45.4 Å². The molecule has 6 heteroatoms. The van der Waals surface area contributed by atoms with Crippen molar-refractivity contribution in [2.45, 2.75) is 6.54 Å². The number of nitrogens with one attached hydrogen (secondary N) is 1. The molecule has 0 aliphatic rings. The van der Waals surface area contributed by atoms with Crippen molar-refractivity contribution in [2.24, 2.45) is 0 Å². The van der Waals surface area contributed by atoms with E-state index in [2.05, 4.69) is 21.2 Å². The van der Waals surface area contributed by atoms with Crippen molar-refractivity contribution in [2.75, 3.05) is 19.5 Å². The molecule has 2 aromatic rings. The van der Waals surface area contributed by atoms with Gasteiger partial charge in [0.1, 0.15) is 5.75 Å². The van der Waals surface area contributed by atoms with Gasteiger partial charge in [-0.05, 0) is 40.2 Å². The maximum atomic E-state index is 10.1. The van der Waals surface area contributed by atoms with Crippen molar-refractivity contribution < 1.29 is 14.6 Å². The number of anilines is 1. The van der Waals surface area contributed by atoms with Gasteiger partial charge in [-0.15, -0.1) is 0 Å². The van der Waals surface area contributed by atoms with Crippen LogP contribution in [0.5, 0.6) is 17.2 Å². The summed E-state index contributed by atoms with van der Waals surface area (Å²) in [5, 5.41) is 13.8. The second-order valence-corrected chi connectivity index (χ2v) is 5.61. The second-order valence-electron chi connectivity index (χ2n) is 4.32. The van der Waals surface area contributed by atoms with E-state index in [1.54, 1.807) is 19.2 Å². The zero-order valence-corrected chi connectivity index (χ0v) is 14.0. The molecule has 0 aliphatic heterocycles. The number of aromatic hydroxyl groups is 1. The molecule has 0 fully saturated rings. The van der Waals surface area contributed by atoms with Gasteiger partial charge in [0.15, 0.2) is 11.5 Å². The van der Waals surface area contributed by atoms with Crippen molar-refractivity contribution in [1.82, 2.24) is 0 Å². The highest BCUT2D eigenvalue weighted by Gasteiger charge is 2.10. The zero-order chi connectivity index (χ0) is 15.4. The van der Waals surface area contributed by atoms with E-state index in [1.807, 2.05) is 18.2 Å². The number of hydrogen-bond donors (Lipinski definition) is 2. The summed E-state index contributed by atoms with van der Waals surface area (Å²) in [7, 11) is 3.10. The molecule has 0 spiro atoms. The smallest absolute Gasteiger partial charge is 0.162 e. The number of methoxy groups -OCH3 is 2. The normalized spacial score (nSPS) is 10.3. The van der Waals surface area contributed by atoms with E-state index in [0.717, 1.165) is 15.9 Å². The average Bonchev–Trinajstić information content (AvgIpc) is 2.47. The van der Waals surface area contributed by atoms with Gasteiger partial charge in [-0.1, -0.05) is 11.6 Å². The minimum Gasteiger partial charge on any atom is -0.504 e. The molecule has 0 aromatic heterocycles. The van der Waals surface area contributed by atoms with Gasteiger partial charge in [0.05, 0.1) is 18.7 Å². The minimum atomic E-state index is 0.0852. The quantitative estimate of drug-likeness (QED) is 0.815. The minimum absolute atomic E-state index is 0.0852. The van der Waals surface area contributed by atoms with E-state index < -0.39 is 0 Å². The first-order valence-corrected chi connectivity index (χ1v) is 7.35. The first-order chi connectivity index (χ1) is 10.0. The summed E-state index contributed by atoms with van der Waals surface area (Å²) in [6, 6.07) is 8.92. The van der Waals surface area contributed by atoms with Crippen LogP contribution in [-0.4, -0.2) is 19.3 Å². The third-order valence-corrected chi connectivity index (χ3v) is 3.81. The molecule has 2 rings (SSSR count). The summed E-state index contributed by atoms with van der Waals surface area (Å²) in [4.78, 5) is 0. The summed E-state index contributed by atoms with van der Waals surface area (Å²) in [5.41, 5.74) is 1.55. The SMILES string of the molecule is COc1ccc(NCc2cc(Cl)cc(OC)c2O)cc1Br. The number of phenolic OH excluding ortho intramolecular Hbond substituents is 1. The Morgan fingerprint density at radius 3 is 2.48 bits per heavy atom. The fourth-order valence-electron chi connectivity index (χ4n) is 1.89. The van der Waals surface area contributed by atoms with Crippen LogP contribution in [-0.2, 0) is 6.54 Å². The number of hydrogen-bond acceptors (Lipinski definition) is 4. The molecule has 0 heterocycles. The molecular formula is C15H15BrClNO3. The molecule has 21 heavy (non-hydrogen) atoms. The lowest BCUT2D eigenvalue weighted by molar-refractivity contribution is 0.371. The summed E-state index contributed by atoms with van der Waals surface area (Å²) in [5.74, 6) is 1.20. The molecule has 0 radical (unpaired) electrons. The van der Waals surface area contributed by atoms with Crippen molar-refractivity contribution >= 4 is 33.2 Å². The van der Waals surface area contributed by atoms with Crippen LogP contribution >= 0.6 is 27.5 Å². The van der Waals surface area contributed by atoms with Gasteiger partial charge in [-0.25, -0.2) is 0 Å². The number of phenols is 1. The molecule has 4 nitrogen and oxygen atoms in total. The Bertz CT molecular complexity index is 649. The lowest BCUT2D eigenvalue weighted by Gasteiger charge is -2.12. The van der Waals surface area contributed by atoms with Crippen LogP contribution in [0.25, 0.3) is 0 Å². The summed E-state index contributed by atoms with van der Waals surface area (Å²) in [6.45, 7) is 0.418. The Morgan fingerprint density at radius 1 is 1.14 bits per heavy atom. The maximum Gasteiger partial charge on any atom is 0.162 e. The summed E-state index contributed by atoms with van der Waals surface area (Å²) >= 11 is 9.43. The number of ether oxygens (including phenoxy) is 2. The molecule has 0 unspecified atom stereocenters. The van der Waals surface area contributed by atoms with Gasteiger partial charge < -0.3 is 19.9 Å². The van der Waals surface area contributed by atoms with Crippen LogP contribution in [0.2, 0.25) is 5.02 Å². The van der Waals surface area contributed by atoms with Crippen LogP contribution in [0.3, 0.4) is 0 Å². The highest BCUT2D eigenvalue weighted by atomic mass is 79.9. The van der Waals surface area contributed by atoms with Gasteiger partial charge >= 0.3 is 0 Å². The van der Waals surface area contributed by atoms with Crippen molar-refractivity contribution in [3.8, 4) is 17.2 Å². The molecule has 2 aromatic carbocycles. The molecule has 0 atom stereocenters. The summed E-state index contributed by atoms with van der Waals surface area (Å²) in [6.07, 6.45) is 0. The monoisotopic (exact) mass is 371 g/mol. The lowest BCUT2D eigenvalue weighted by Crippen LogP contribution is -2.01. The maximum absolute atomic E-state index is 10.1. The van der Waals surface area contributed by atoms with Crippen LogP contribution in [0.15, 0.2) is 34.8 Å². The van der Waals surface area contributed by atoms with Crippen LogP contribution in [0, 0.1) is 0 Å². The standard InChI is InChI=1S/C15H15BrClNO3/c1-20-13-4-3-11(7-12(13)16)18-8-9-5-10(17)6-14(21-2)15(9)19/h3-7,18-19H,8H2,1-2H3. The van der Waals surface area contributed by atoms with E-state index in [9.17, 15) is 5.11 Å². The largest absolute Gasteiger partial charge is 0.504 e. The molecule has 0 saturated heterocycles. The first-order valence-electron chi connectivity index (χ1n) is 6.18. The molecular weight excluding hydrogens is 358 g/mol. The fourth-order valence-corrected chi connectivity index (χ4v) is 2.66. The highest BCUT2D eigenvalue weighted by Crippen LogP contribution is 2.34. The van der Waals surface area contributed by atoms with E-state index in [0.29, 0.717) is 22.9 Å². The third-order valence-electron chi connectivity index (χ3n) is 2.97. The van der Waals surface area contributed by atoms with E-state index in [4.69, 9.17) is 21.1 Å². The van der Waals surface area contributed by atoms with Crippen molar-refractivity contribution in [1.29, 1.82) is 0 Å². The van der Waals surface area contributed by atoms with Gasteiger partial charge in [-0.2, -0.15) is 0 Å².